The predicted molar refractivity (Wildman–Crippen MR) is 82.1 cm³/mol. The summed E-state index contributed by atoms with van der Waals surface area (Å²) in [5, 5.41) is 16.6. The predicted octanol–water partition coefficient (Wildman–Crippen LogP) is 2.26. The van der Waals surface area contributed by atoms with Crippen LogP contribution in [0.3, 0.4) is 0 Å². The van der Waals surface area contributed by atoms with Gasteiger partial charge in [-0.05, 0) is 40.8 Å². The molecule has 0 spiro atoms. The molecule has 1 aromatic heterocycles. The molecule has 4 heteroatoms. The minimum absolute atomic E-state index is 0.393. The maximum atomic E-state index is 9.65. The van der Waals surface area contributed by atoms with Crippen LogP contribution in [0.4, 0.5) is 0 Å². The van der Waals surface area contributed by atoms with Crippen LogP contribution >= 0.6 is 11.3 Å². The zero-order valence-electron chi connectivity index (χ0n) is 11.2. The lowest BCUT2D eigenvalue weighted by Gasteiger charge is -2.07. The van der Waals surface area contributed by atoms with Crippen molar-refractivity contribution in [3.63, 3.8) is 0 Å². The summed E-state index contributed by atoms with van der Waals surface area (Å²) in [5.41, 5.74) is 2.38. The van der Waals surface area contributed by atoms with Gasteiger partial charge in [0, 0.05) is 10.7 Å². The zero-order chi connectivity index (χ0) is 13.1. The van der Waals surface area contributed by atoms with Crippen LogP contribution in [0.5, 0.6) is 0 Å². The number of hydrogen-bond acceptors (Lipinski definition) is 3. The molecule has 0 fully saturated rings. The number of benzene rings is 1. The Labute approximate surface area is 113 Å². The summed E-state index contributed by atoms with van der Waals surface area (Å²) in [4.78, 5) is 0. The molecule has 0 radical (unpaired) electrons. The summed E-state index contributed by atoms with van der Waals surface area (Å²) >= 11 is 1.78. The largest absolute Gasteiger partial charge is 0.447 e. The Balaban J connectivity index is 2.20. The van der Waals surface area contributed by atoms with E-state index in [0.717, 1.165) is 18.4 Å². The van der Waals surface area contributed by atoms with Gasteiger partial charge in [-0.3, -0.25) is 0 Å². The van der Waals surface area contributed by atoms with E-state index in [1.54, 1.807) is 11.3 Å². The standard InChI is InChI=1S/C14H20BNOS/c1-10(2)16-7-6-11-9-18-14-5-4-12(15(3)17)8-13(11)14/h4-5,8-10,16-17H,6-7H2,1-3H3. The van der Waals surface area contributed by atoms with Gasteiger partial charge < -0.3 is 10.3 Å². The van der Waals surface area contributed by atoms with Crippen LogP contribution in [0.2, 0.25) is 6.82 Å². The van der Waals surface area contributed by atoms with Gasteiger partial charge in [0.05, 0.1) is 0 Å². The first kappa shape index (κ1) is 13.6. The first-order valence-electron chi connectivity index (χ1n) is 6.49. The van der Waals surface area contributed by atoms with Crippen LogP contribution in [-0.2, 0) is 6.42 Å². The molecule has 2 rings (SSSR count). The van der Waals surface area contributed by atoms with Gasteiger partial charge in [-0.2, -0.15) is 0 Å². The fourth-order valence-corrected chi connectivity index (χ4v) is 3.03. The van der Waals surface area contributed by atoms with Crippen molar-refractivity contribution in [1.29, 1.82) is 0 Å². The van der Waals surface area contributed by atoms with E-state index in [9.17, 15) is 5.02 Å². The molecule has 0 saturated heterocycles. The Hall–Kier alpha value is -0.835. The fraction of sp³-hybridized carbons (Fsp3) is 0.429. The minimum Gasteiger partial charge on any atom is -0.447 e. The highest BCUT2D eigenvalue weighted by molar-refractivity contribution is 7.17. The second kappa shape index (κ2) is 5.87. The van der Waals surface area contributed by atoms with Crippen LogP contribution < -0.4 is 10.8 Å². The monoisotopic (exact) mass is 261 g/mol. The summed E-state index contributed by atoms with van der Waals surface area (Å²) in [6.07, 6.45) is 1.04. The molecule has 2 nitrogen and oxygen atoms in total. The third kappa shape index (κ3) is 3.13. The molecule has 96 valence electrons. The SMILES string of the molecule is CB(O)c1ccc2scc(CCNC(C)C)c2c1. The molecule has 0 bridgehead atoms. The molecule has 2 N–H and O–H groups in total. The lowest BCUT2D eigenvalue weighted by Crippen LogP contribution is -2.26. The Bertz CT molecular complexity index is 521. The van der Waals surface area contributed by atoms with Gasteiger partial charge in [0.15, 0.2) is 0 Å². The molecule has 0 aliphatic heterocycles. The molecule has 0 aliphatic carbocycles. The first-order chi connectivity index (χ1) is 8.58. The van der Waals surface area contributed by atoms with Gasteiger partial charge in [0.1, 0.15) is 0 Å². The molecule has 1 heterocycles. The second-order valence-electron chi connectivity index (χ2n) is 5.05. The number of hydrogen-bond donors (Lipinski definition) is 2. The van der Waals surface area contributed by atoms with Crippen LogP contribution in [0.1, 0.15) is 19.4 Å². The van der Waals surface area contributed by atoms with Crippen LogP contribution in [0, 0.1) is 0 Å². The number of rotatable bonds is 5. The summed E-state index contributed by atoms with van der Waals surface area (Å²) in [7, 11) is 0. The van der Waals surface area contributed by atoms with E-state index in [4.69, 9.17) is 0 Å². The molecule has 2 aromatic rings. The van der Waals surface area contributed by atoms with Gasteiger partial charge in [0.25, 0.3) is 0 Å². The maximum Gasteiger partial charge on any atom is 0.320 e. The van der Waals surface area contributed by atoms with Crippen molar-refractivity contribution < 1.29 is 5.02 Å². The number of thiophene rings is 1. The van der Waals surface area contributed by atoms with E-state index in [1.165, 1.54) is 15.6 Å². The van der Waals surface area contributed by atoms with Gasteiger partial charge >= 0.3 is 6.92 Å². The molecular weight excluding hydrogens is 241 g/mol. The minimum atomic E-state index is -0.393. The average Bonchev–Trinajstić information content (AvgIpc) is 2.71. The first-order valence-corrected chi connectivity index (χ1v) is 7.37. The normalized spacial score (nSPS) is 11.4. The van der Waals surface area contributed by atoms with Crippen LogP contribution in [0.15, 0.2) is 23.6 Å². The van der Waals surface area contributed by atoms with Crippen molar-refractivity contribution in [2.24, 2.45) is 0 Å². The Kier molecular flexibility index (Phi) is 4.43. The maximum absolute atomic E-state index is 9.65. The fourth-order valence-electron chi connectivity index (χ4n) is 2.05. The van der Waals surface area contributed by atoms with Crippen molar-refractivity contribution in [2.45, 2.75) is 33.1 Å². The highest BCUT2D eigenvalue weighted by atomic mass is 32.1. The molecule has 0 aliphatic rings. The molecule has 18 heavy (non-hydrogen) atoms. The Morgan fingerprint density at radius 3 is 2.83 bits per heavy atom. The quantitative estimate of drug-likeness (QED) is 0.809. The summed E-state index contributed by atoms with van der Waals surface area (Å²) in [6, 6.07) is 6.78. The second-order valence-corrected chi connectivity index (χ2v) is 5.96. The third-order valence-electron chi connectivity index (χ3n) is 3.11. The molecular formula is C14H20BNOS. The summed E-state index contributed by atoms with van der Waals surface area (Å²) in [6.45, 7) is 6.75. The van der Waals surface area contributed by atoms with Crippen molar-refractivity contribution in [3.8, 4) is 0 Å². The lowest BCUT2D eigenvalue weighted by atomic mass is 9.64. The number of nitrogens with one attached hydrogen (secondary N) is 1. The van der Waals surface area contributed by atoms with Crippen LogP contribution in [-0.4, -0.2) is 24.5 Å². The zero-order valence-corrected chi connectivity index (χ0v) is 12.1. The van der Waals surface area contributed by atoms with E-state index >= 15 is 0 Å². The van der Waals surface area contributed by atoms with E-state index in [0.29, 0.717) is 6.04 Å². The summed E-state index contributed by atoms with van der Waals surface area (Å²) < 4.78 is 1.30. The molecule has 0 saturated carbocycles. The van der Waals surface area contributed by atoms with Crippen molar-refractivity contribution in [3.05, 3.63) is 29.1 Å². The van der Waals surface area contributed by atoms with Gasteiger partial charge in [-0.15, -0.1) is 11.3 Å². The van der Waals surface area contributed by atoms with E-state index in [2.05, 4.69) is 36.7 Å². The van der Waals surface area contributed by atoms with E-state index in [1.807, 2.05) is 12.9 Å². The average molecular weight is 261 g/mol. The van der Waals surface area contributed by atoms with Crippen molar-refractivity contribution in [2.75, 3.05) is 6.54 Å². The van der Waals surface area contributed by atoms with Gasteiger partial charge in [-0.25, -0.2) is 0 Å². The molecule has 0 atom stereocenters. The molecule has 0 unspecified atom stereocenters. The Morgan fingerprint density at radius 2 is 2.17 bits per heavy atom. The van der Waals surface area contributed by atoms with E-state index in [-0.39, 0.29) is 0 Å². The van der Waals surface area contributed by atoms with Crippen LogP contribution in [0.25, 0.3) is 10.1 Å². The van der Waals surface area contributed by atoms with E-state index < -0.39 is 6.92 Å². The Morgan fingerprint density at radius 1 is 1.39 bits per heavy atom. The highest BCUT2D eigenvalue weighted by Gasteiger charge is 2.10. The van der Waals surface area contributed by atoms with Gasteiger partial charge in [-0.1, -0.05) is 32.8 Å². The number of fused-ring (bicyclic) bond motifs is 1. The van der Waals surface area contributed by atoms with Crippen molar-refractivity contribution in [1.82, 2.24) is 5.32 Å². The highest BCUT2D eigenvalue weighted by Crippen LogP contribution is 2.25. The smallest absolute Gasteiger partial charge is 0.320 e. The third-order valence-corrected chi connectivity index (χ3v) is 4.12. The molecule has 1 aromatic carbocycles. The lowest BCUT2D eigenvalue weighted by molar-refractivity contribution is 0.591. The summed E-state index contributed by atoms with van der Waals surface area (Å²) in [5.74, 6) is 0. The van der Waals surface area contributed by atoms with Gasteiger partial charge in [0.2, 0.25) is 0 Å². The molecule has 0 amide bonds. The topological polar surface area (TPSA) is 32.3 Å². The van der Waals surface area contributed by atoms with Crippen molar-refractivity contribution >= 4 is 33.8 Å².